The number of nitrogens with zero attached hydrogens (tertiary/aromatic N) is 1. The number of ether oxygens (including phenoxy) is 2. The summed E-state index contributed by atoms with van der Waals surface area (Å²) in [6.45, 7) is 4.53. The van der Waals surface area contributed by atoms with Crippen LogP contribution in [0.3, 0.4) is 0 Å². The number of benzene rings is 2. The predicted molar refractivity (Wildman–Crippen MR) is 112 cm³/mol. The Bertz CT molecular complexity index is 977. The summed E-state index contributed by atoms with van der Waals surface area (Å²) < 4.78 is 25.3. The van der Waals surface area contributed by atoms with Gasteiger partial charge in [0.1, 0.15) is 11.3 Å². The first-order valence-corrected chi connectivity index (χ1v) is 9.86. The van der Waals surface area contributed by atoms with Gasteiger partial charge < -0.3 is 14.8 Å². The van der Waals surface area contributed by atoms with E-state index in [9.17, 15) is 9.18 Å². The second-order valence-corrected chi connectivity index (χ2v) is 6.65. The first-order valence-electron chi connectivity index (χ1n) is 9.86. The number of hydrogen-bond acceptors (Lipinski definition) is 4. The van der Waals surface area contributed by atoms with Crippen LogP contribution in [0.4, 0.5) is 10.1 Å². The van der Waals surface area contributed by atoms with Crippen molar-refractivity contribution in [3.63, 3.8) is 0 Å². The average Bonchev–Trinajstić information content (AvgIpc) is 2.74. The Labute approximate surface area is 169 Å². The Hall–Kier alpha value is -3.15. The molecular weight excluding hydrogens is 371 g/mol. The lowest BCUT2D eigenvalue weighted by Crippen LogP contribution is -2.32. The van der Waals surface area contributed by atoms with Gasteiger partial charge in [-0.3, -0.25) is 9.78 Å². The number of anilines is 1. The molecule has 0 bridgehead atoms. The van der Waals surface area contributed by atoms with Crippen molar-refractivity contribution in [2.45, 2.75) is 39.2 Å². The Morgan fingerprint density at radius 1 is 1.10 bits per heavy atom. The van der Waals surface area contributed by atoms with Crippen LogP contribution in [0.5, 0.6) is 11.5 Å². The van der Waals surface area contributed by atoms with Crippen molar-refractivity contribution in [2.75, 3.05) is 11.9 Å². The highest BCUT2D eigenvalue weighted by Crippen LogP contribution is 2.30. The standard InChI is InChI=1S/C23H25FN2O3/c1-3-5-15-28-21-13-12-18(16-9-8-14-25-22(16)21)26-23(27)19(4-2)29-20-11-7-6-10-17(20)24/h6-14,19H,3-5,15H2,1-2H3,(H,26,27)/t19-/m1/s1. The molecule has 1 aromatic heterocycles. The van der Waals surface area contributed by atoms with E-state index in [1.54, 1.807) is 36.5 Å². The number of rotatable bonds is 9. The van der Waals surface area contributed by atoms with Crippen LogP contribution < -0.4 is 14.8 Å². The van der Waals surface area contributed by atoms with Gasteiger partial charge >= 0.3 is 0 Å². The van der Waals surface area contributed by atoms with Crippen molar-refractivity contribution < 1.29 is 18.7 Å². The number of unbranched alkanes of at least 4 members (excludes halogenated alkanes) is 1. The van der Waals surface area contributed by atoms with E-state index in [1.165, 1.54) is 12.1 Å². The number of aromatic nitrogens is 1. The van der Waals surface area contributed by atoms with E-state index in [0.29, 0.717) is 30.0 Å². The van der Waals surface area contributed by atoms with Gasteiger partial charge in [-0.1, -0.05) is 32.4 Å². The van der Waals surface area contributed by atoms with Crippen molar-refractivity contribution in [3.05, 3.63) is 60.5 Å². The van der Waals surface area contributed by atoms with Gasteiger partial charge in [-0.15, -0.1) is 0 Å². The summed E-state index contributed by atoms with van der Waals surface area (Å²) in [5, 5.41) is 3.66. The third-order valence-corrected chi connectivity index (χ3v) is 4.52. The molecule has 0 saturated carbocycles. The Balaban J connectivity index is 1.80. The molecule has 29 heavy (non-hydrogen) atoms. The minimum Gasteiger partial charge on any atom is -0.491 e. The zero-order valence-electron chi connectivity index (χ0n) is 16.7. The summed E-state index contributed by atoms with van der Waals surface area (Å²) in [5.41, 5.74) is 1.29. The van der Waals surface area contributed by atoms with Gasteiger partial charge in [0, 0.05) is 11.6 Å². The number of pyridine rings is 1. The molecule has 0 radical (unpaired) electrons. The summed E-state index contributed by atoms with van der Waals surface area (Å²) in [7, 11) is 0. The minimum atomic E-state index is -0.820. The monoisotopic (exact) mass is 396 g/mol. The first-order chi connectivity index (χ1) is 14.1. The van der Waals surface area contributed by atoms with E-state index in [4.69, 9.17) is 9.47 Å². The molecule has 0 unspecified atom stereocenters. The fraction of sp³-hybridized carbons (Fsp3) is 0.304. The molecule has 3 aromatic rings. The molecule has 1 N–H and O–H groups in total. The second kappa shape index (κ2) is 9.87. The van der Waals surface area contributed by atoms with Crippen LogP contribution in [-0.4, -0.2) is 23.6 Å². The number of hydrogen-bond donors (Lipinski definition) is 1. The van der Waals surface area contributed by atoms with Crippen molar-refractivity contribution in [2.24, 2.45) is 0 Å². The maximum atomic E-state index is 13.9. The van der Waals surface area contributed by atoms with E-state index in [-0.39, 0.29) is 11.7 Å². The molecule has 152 valence electrons. The third-order valence-electron chi connectivity index (χ3n) is 4.52. The summed E-state index contributed by atoms with van der Waals surface area (Å²) >= 11 is 0. The third kappa shape index (κ3) is 5.02. The van der Waals surface area contributed by atoms with Crippen molar-refractivity contribution >= 4 is 22.5 Å². The minimum absolute atomic E-state index is 0.0562. The molecule has 0 aliphatic heterocycles. The van der Waals surface area contributed by atoms with Gasteiger partial charge in [0.2, 0.25) is 0 Å². The van der Waals surface area contributed by atoms with Gasteiger partial charge in [-0.05, 0) is 49.2 Å². The van der Waals surface area contributed by atoms with Crippen LogP contribution in [0.2, 0.25) is 0 Å². The zero-order chi connectivity index (χ0) is 20.6. The van der Waals surface area contributed by atoms with Crippen molar-refractivity contribution in [3.8, 4) is 11.5 Å². The molecule has 2 aromatic carbocycles. The number of amides is 1. The predicted octanol–water partition coefficient (Wildman–Crippen LogP) is 5.35. The Morgan fingerprint density at radius 2 is 1.93 bits per heavy atom. The summed E-state index contributed by atoms with van der Waals surface area (Å²) in [6.07, 6.45) is 3.27. The summed E-state index contributed by atoms with van der Waals surface area (Å²) in [5.74, 6) is -0.107. The van der Waals surface area contributed by atoms with E-state index in [0.717, 1.165) is 18.2 Å². The van der Waals surface area contributed by atoms with Gasteiger partial charge in [0.15, 0.2) is 17.7 Å². The molecule has 0 spiro atoms. The van der Waals surface area contributed by atoms with Crippen LogP contribution in [0.15, 0.2) is 54.7 Å². The maximum absolute atomic E-state index is 13.9. The lowest BCUT2D eigenvalue weighted by atomic mass is 10.1. The highest BCUT2D eigenvalue weighted by Gasteiger charge is 2.21. The molecule has 0 saturated heterocycles. The van der Waals surface area contributed by atoms with Crippen LogP contribution in [0.1, 0.15) is 33.1 Å². The zero-order valence-corrected chi connectivity index (χ0v) is 16.7. The van der Waals surface area contributed by atoms with Gasteiger partial charge in [-0.25, -0.2) is 4.39 Å². The molecule has 6 heteroatoms. The van der Waals surface area contributed by atoms with Crippen LogP contribution in [0.25, 0.3) is 10.9 Å². The molecule has 0 aliphatic rings. The van der Waals surface area contributed by atoms with Gasteiger partial charge in [0.05, 0.1) is 12.3 Å². The van der Waals surface area contributed by atoms with Crippen molar-refractivity contribution in [1.82, 2.24) is 4.98 Å². The SMILES string of the molecule is CCCCOc1ccc(NC(=O)[C@@H](CC)Oc2ccccc2F)c2cccnc12. The largest absolute Gasteiger partial charge is 0.491 e. The number of para-hydroxylation sites is 1. The smallest absolute Gasteiger partial charge is 0.265 e. The highest BCUT2D eigenvalue weighted by atomic mass is 19.1. The van der Waals surface area contributed by atoms with E-state index in [1.807, 2.05) is 13.0 Å². The fourth-order valence-electron chi connectivity index (χ4n) is 2.93. The number of carbonyl (C=O) groups is 1. The normalized spacial score (nSPS) is 11.8. The van der Waals surface area contributed by atoms with Crippen LogP contribution in [0, 0.1) is 5.82 Å². The Morgan fingerprint density at radius 3 is 2.69 bits per heavy atom. The van der Waals surface area contributed by atoms with E-state index >= 15 is 0 Å². The second-order valence-electron chi connectivity index (χ2n) is 6.65. The van der Waals surface area contributed by atoms with E-state index < -0.39 is 11.9 Å². The number of carbonyl (C=O) groups excluding carboxylic acids is 1. The first kappa shape index (κ1) is 20.6. The fourth-order valence-corrected chi connectivity index (χ4v) is 2.93. The van der Waals surface area contributed by atoms with E-state index in [2.05, 4.69) is 17.2 Å². The van der Waals surface area contributed by atoms with Crippen LogP contribution >= 0.6 is 0 Å². The molecule has 1 heterocycles. The number of nitrogens with one attached hydrogen (secondary N) is 1. The Kier molecular flexibility index (Phi) is 7.00. The summed E-state index contributed by atoms with van der Waals surface area (Å²) in [4.78, 5) is 17.2. The molecule has 5 nitrogen and oxygen atoms in total. The van der Waals surface area contributed by atoms with Crippen molar-refractivity contribution in [1.29, 1.82) is 0 Å². The van der Waals surface area contributed by atoms with Crippen LogP contribution in [-0.2, 0) is 4.79 Å². The molecule has 1 atom stereocenters. The number of fused-ring (bicyclic) bond motifs is 1. The van der Waals surface area contributed by atoms with Gasteiger partial charge in [0.25, 0.3) is 5.91 Å². The topological polar surface area (TPSA) is 60.5 Å². The average molecular weight is 396 g/mol. The lowest BCUT2D eigenvalue weighted by molar-refractivity contribution is -0.122. The molecule has 0 fully saturated rings. The highest BCUT2D eigenvalue weighted by molar-refractivity contribution is 6.04. The molecular formula is C23H25FN2O3. The maximum Gasteiger partial charge on any atom is 0.265 e. The van der Waals surface area contributed by atoms with Gasteiger partial charge in [-0.2, -0.15) is 0 Å². The lowest BCUT2D eigenvalue weighted by Gasteiger charge is -2.19. The molecule has 1 amide bonds. The molecule has 0 aliphatic carbocycles. The summed E-state index contributed by atoms with van der Waals surface area (Å²) in [6, 6.07) is 13.3. The number of halogens is 1. The quantitative estimate of drug-likeness (QED) is 0.496. The molecule has 3 rings (SSSR count).